The summed E-state index contributed by atoms with van der Waals surface area (Å²) in [6.45, 7) is 5.91. The zero-order chi connectivity index (χ0) is 19.5. The van der Waals surface area contributed by atoms with Crippen molar-refractivity contribution in [3.05, 3.63) is 57.0 Å². The molecule has 0 atom stereocenters. The molecular formula is C19H21N5O3. The van der Waals surface area contributed by atoms with Crippen LogP contribution in [0.5, 0.6) is 5.75 Å². The molecule has 0 N–H and O–H groups in total. The summed E-state index contributed by atoms with van der Waals surface area (Å²) in [6.07, 6.45) is 1.96. The van der Waals surface area contributed by atoms with Gasteiger partial charge in [0.2, 0.25) is 5.78 Å². The molecule has 1 aromatic carbocycles. The Morgan fingerprint density at radius 2 is 1.70 bits per heavy atom. The normalized spacial score (nSPS) is 11.8. The van der Waals surface area contributed by atoms with Crippen LogP contribution in [-0.4, -0.2) is 29.2 Å². The molecule has 140 valence electrons. The van der Waals surface area contributed by atoms with Crippen LogP contribution in [0.1, 0.15) is 19.5 Å². The quantitative estimate of drug-likeness (QED) is 0.553. The van der Waals surface area contributed by atoms with Crippen molar-refractivity contribution in [1.29, 1.82) is 0 Å². The van der Waals surface area contributed by atoms with Crippen molar-refractivity contribution >= 4 is 16.9 Å². The third-order valence-electron chi connectivity index (χ3n) is 4.61. The summed E-state index contributed by atoms with van der Waals surface area (Å²) in [4.78, 5) is 29.4. The lowest BCUT2D eigenvalue weighted by atomic mass is 10.3. The molecule has 0 bridgehead atoms. The van der Waals surface area contributed by atoms with Gasteiger partial charge in [-0.2, -0.15) is 4.98 Å². The minimum Gasteiger partial charge on any atom is -0.491 e. The Kier molecular flexibility index (Phi) is 3.73. The number of aryl methyl sites for hydroxylation is 2. The smallest absolute Gasteiger partial charge is 0.332 e. The van der Waals surface area contributed by atoms with Crippen molar-refractivity contribution in [3.8, 4) is 11.4 Å². The number of imidazole rings is 2. The maximum atomic E-state index is 12.6. The first kappa shape index (κ1) is 17.1. The van der Waals surface area contributed by atoms with Gasteiger partial charge in [-0.1, -0.05) is 0 Å². The number of benzene rings is 1. The average Bonchev–Trinajstić information content (AvgIpc) is 3.13. The van der Waals surface area contributed by atoms with Gasteiger partial charge in [-0.3, -0.25) is 22.9 Å². The highest BCUT2D eigenvalue weighted by atomic mass is 16.5. The first-order valence-electron chi connectivity index (χ1n) is 8.73. The molecule has 0 unspecified atom stereocenters. The second-order valence-electron chi connectivity index (χ2n) is 6.93. The van der Waals surface area contributed by atoms with Gasteiger partial charge >= 0.3 is 5.69 Å². The lowest BCUT2D eigenvalue weighted by molar-refractivity contribution is 0.242. The molecule has 0 aliphatic heterocycles. The van der Waals surface area contributed by atoms with Gasteiger partial charge in [0.25, 0.3) is 5.56 Å². The van der Waals surface area contributed by atoms with Crippen LogP contribution in [0.2, 0.25) is 0 Å². The predicted octanol–water partition coefficient (Wildman–Crippen LogP) is 1.77. The van der Waals surface area contributed by atoms with E-state index >= 15 is 0 Å². The maximum absolute atomic E-state index is 12.6. The van der Waals surface area contributed by atoms with E-state index < -0.39 is 5.69 Å². The first-order chi connectivity index (χ1) is 12.8. The van der Waals surface area contributed by atoms with Crippen LogP contribution in [0.3, 0.4) is 0 Å². The van der Waals surface area contributed by atoms with Gasteiger partial charge in [0, 0.05) is 31.7 Å². The Hall–Kier alpha value is -3.29. The highest BCUT2D eigenvalue weighted by Gasteiger charge is 2.19. The molecule has 0 amide bonds. The highest BCUT2D eigenvalue weighted by molar-refractivity contribution is 5.76. The monoisotopic (exact) mass is 367 g/mol. The maximum Gasteiger partial charge on any atom is 0.332 e. The molecule has 4 aromatic rings. The van der Waals surface area contributed by atoms with Gasteiger partial charge in [0.15, 0.2) is 11.2 Å². The molecule has 8 heteroatoms. The Bertz CT molecular complexity index is 1290. The number of nitrogens with zero attached hydrogens (tertiary/aromatic N) is 5. The Balaban J connectivity index is 1.98. The van der Waals surface area contributed by atoms with E-state index in [0.717, 1.165) is 21.7 Å². The van der Waals surface area contributed by atoms with Crippen LogP contribution in [0.15, 0.2) is 40.1 Å². The zero-order valence-corrected chi connectivity index (χ0v) is 15.9. The van der Waals surface area contributed by atoms with Gasteiger partial charge in [0.1, 0.15) is 5.75 Å². The van der Waals surface area contributed by atoms with Crippen LogP contribution in [0.25, 0.3) is 22.6 Å². The number of hydrogen-bond donors (Lipinski definition) is 0. The summed E-state index contributed by atoms with van der Waals surface area (Å²) < 4.78 is 11.9. The van der Waals surface area contributed by atoms with Crippen LogP contribution in [0.4, 0.5) is 0 Å². The first-order valence-corrected chi connectivity index (χ1v) is 8.73. The number of fused-ring (bicyclic) bond motifs is 3. The summed E-state index contributed by atoms with van der Waals surface area (Å²) in [5.74, 6) is 1.37. The van der Waals surface area contributed by atoms with E-state index in [4.69, 9.17) is 4.74 Å². The second kappa shape index (κ2) is 5.87. The van der Waals surface area contributed by atoms with E-state index in [1.807, 2.05) is 55.8 Å². The van der Waals surface area contributed by atoms with Crippen LogP contribution < -0.4 is 16.0 Å². The molecule has 27 heavy (non-hydrogen) atoms. The van der Waals surface area contributed by atoms with Crippen LogP contribution >= 0.6 is 0 Å². The Labute approximate surface area is 154 Å². The van der Waals surface area contributed by atoms with E-state index in [2.05, 4.69) is 4.98 Å². The van der Waals surface area contributed by atoms with Crippen molar-refractivity contribution in [2.45, 2.75) is 26.9 Å². The highest BCUT2D eigenvalue weighted by Crippen LogP contribution is 2.23. The largest absolute Gasteiger partial charge is 0.491 e. The topological polar surface area (TPSA) is 75.5 Å². The third-order valence-corrected chi connectivity index (χ3v) is 4.61. The van der Waals surface area contributed by atoms with Crippen molar-refractivity contribution < 1.29 is 4.74 Å². The van der Waals surface area contributed by atoms with Crippen molar-refractivity contribution in [2.75, 3.05) is 0 Å². The van der Waals surface area contributed by atoms with Crippen molar-refractivity contribution in [1.82, 2.24) is 23.1 Å². The minimum atomic E-state index is -0.397. The Morgan fingerprint density at radius 1 is 1.04 bits per heavy atom. The van der Waals surface area contributed by atoms with Crippen molar-refractivity contribution in [3.63, 3.8) is 0 Å². The summed E-state index contributed by atoms with van der Waals surface area (Å²) in [6, 6.07) is 7.70. The van der Waals surface area contributed by atoms with Gasteiger partial charge in [-0.05, 0) is 45.0 Å². The fourth-order valence-electron chi connectivity index (χ4n) is 3.35. The SMILES string of the molecule is Cc1cn2c3c(=O)n(C)c(=O)n(C)c3nc2n1-c1ccc(OC(C)C)cc1. The lowest BCUT2D eigenvalue weighted by Gasteiger charge is -2.11. The molecule has 8 nitrogen and oxygen atoms in total. The van der Waals surface area contributed by atoms with Gasteiger partial charge in [-0.25, -0.2) is 4.79 Å². The summed E-state index contributed by atoms with van der Waals surface area (Å²) in [7, 11) is 3.09. The van der Waals surface area contributed by atoms with Gasteiger partial charge in [0.05, 0.1) is 6.10 Å². The lowest BCUT2D eigenvalue weighted by Crippen LogP contribution is -2.37. The fraction of sp³-hybridized carbons (Fsp3) is 0.316. The van der Waals surface area contributed by atoms with E-state index in [0.29, 0.717) is 16.9 Å². The molecule has 0 spiro atoms. The molecule has 0 fully saturated rings. The van der Waals surface area contributed by atoms with Crippen LogP contribution in [-0.2, 0) is 14.1 Å². The zero-order valence-electron chi connectivity index (χ0n) is 15.9. The van der Waals surface area contributed by atoms with E-state index in [1.54, 1.807) is 11.4 Å². The number of rotatable bonds is 3. The molecule has 0 aliphatic carbocycles. The van der Waals surface area contributed by atoms with Gasteiger partial charge in [-0.15, -0.1) is 0 Å². The summed E-state index contributed by atoms with van der Waals surface area (Å²) >= 11 is 0. The summed E-state index contributed by atoms with van der Waals surface area (Å²) in [5, 5.41) is 0. The minimum absolute atomic E-state index is 0.103. The molecular weight excluding hydrogens is 346 g/mol. The molecule has 0 saturated heterocycles. The van der Waals surface area contributed by atoms with Crippen LogP contribution in [0, 0.1) is 6.92 Å². The fourth-order valence-corrected chi connectivity index (χ4v) is 3.35. The molecule has 0 saturated carbocycles. The molecule has 0 aliphatic rings. The molecule has 3 aromatic heterocycles. The standard InChI is InChI=1S/C19H21N5O3/c1-11(2)27-14-8-6-13(7-9-14)24-12(3)10-23-15-16(20-18(23)24)21(4)19(26)22(5)17(15)25/h6-11H,1-5H3. The van der Waals surface area contributed by atoms with E-state index in [-0.39, 0.29) is 11.7 Å². The summed E-state index contributed by atoms with van der Waals surface area (Å²) in [5.41, 5.74) is 1.82. The van der Waals surface area contributed by atoms with E-state index in [1.165, 1.54) is 11.6 Å². The molecule has 3 heterocycles. The van der Waals surface area contributed by atoms with Gasteiger partial charge < -0.3 is 4.74 Å². The predicted molar refractivity (Wildman–Crippen MR) is 103 cm³/mol. The molecule has 0 radical (unpaired) electrons. The van der Waals surface area contributed by atoms with E-state index in [9.17, 15) is 9.59 Å². The number of aromatic nitrogens is 5. The number of hydrogen-bond acceptors (Lipinski definition) is 4. The Morgan fingerprint density at radius 3 is 2.33 bits per heavy atom. The number of ether oxygens (including phenoxy) is 1. The molecule has 4 rings (SSSR count). The second-order valence-corrected chi connectivity index (χ2v) is 6.93. The van der Waals surface area contributed by atoms with Crippen molar-refractivity contribution in [2.24, 2.45) is 14.1 Å². The third kappa shape index (κ3) is 2.48. The average molecular weight is 367 g/mol.